The second-order valence-corrected chi connectivity index (χ2v) is 6.97. The first-order valence-electron chi connectivity index (χ1n) is 9.38. The van der Waals surface area contributed by atoms with Crippen LogP contribution in [0.25, 0.3) is 22.3 Å². The lowest BCUT2D eigenvalue weighted by atomic mass is 10.1. The SMILES string of the molecule is Nc1ncnc2c1c(-c1ccccc1)nn2C1CCCCCCCC1. The number of rotatable bonds is 2. The molecule has 4 rings (SSSR count). The van der Waals surface area contributed by atoms with Gasteiger partial charge in [-0.3, -0.25) is 0 Å². The number of nitrogens with zero attached hydrogens (tertiary/aromatic N) is 4. The molecular formula is C20H25N5. The molecule has 0 radical (unpaired) electrons. The minimum Gasteiger partial charge on any atom is -0.383 e. The van der Waals surface area contributed by atoms with Crippen LogP contribution in [0.1, 0.15) is 57.4 Å². The van der Waals surface area contributed by atoms with Crippen molar-refractivity contribution in [3.05, 3.63) is 36.7 Å². The average Bonchev–Trinajstić information content (AvgIpc) is 3.08. The van der Waals surface area contributed by atoms with E-state index >= 15 is 0 Å². The summed E-state index contributed by atoms with van der Waals surface area (Å²) < 4.78 is 2.13. The van der Waals surface area contributed by atoms with E-state index in [9.17, 15) is 0 Å². The molecular weight excluding hydrogens is 310 g/mol. The molecule has 5 nitrogen and oxygen atoms in total. The van der Waals surface area contributed by atoms with Crippen molar-refractivity contribution < 1.29 is 0 Å². The highest BCUT2D eigenvalue weighted by atomic mass is 15.3. The average molecular weight is 335 g/mol. The Hall–Kier alpha value is -2.43. The Bertz CT molecular complexity index is 830. The molecule has 0 spiro atoms. The maximum atomic E-state index is 6.21. The standard InChI is InChI=1S/C20H25N5/c21-19-17-18(15-10-6-5-7-11-15)24-25(20(17)23-14-22-19)16-12-8-3-1-2-4-9-13-16/h5-7,10-11,14,16H,1-4,8-9,12-13H2,(H2,21,22,23). The van der Waals surface area contributed by atoms with Crippen molar-refractivity contribution in [1.82, 2.24) is 19.7 Å². The van der Waals surface area contributed by atoms with Crippen LogP contribution in [0, 0.1) is 0 Å². The van der Waals surface area contributed by atoms with E-state index in [1.54, 1.807) is 6.33 Å². The summed E-state index contributed by atoms with van der Waals surface area (Å²) in [5.74, 6) is 0.512. The zero-order valence-electron chi connectivity index (χ0n) is 14.6. The van der Waals surface area contributed by atoms with Crippen molar-refractivity contribution in [1.29, 1.82) is 0 Å². The highest BCUT2D eigenvalue weighted by Gasteiger charge is 2.22. The summed E-state index contributed by atoms with van der Waals surface area (Å²) in [7, 11) is 0. The number of nitrogen functional groups attached to an aromatic ring is 1. The van der Waals surface area contributed by atoms with E-state index in [1.165, 1.54) is 38.5 Å². The molecule has 0 saturated heterocycles. The van der Waals surface area contributed by atoms with Crippen molar-refractivity contribution in [2.75, 3.05) is 5.73 Å². The number of hydrogen-bond donors (Lipinski definition) is 1. The zero-order chi connectivity index (χ0) is 17.1. The van der Waals surface area contributed by atoms with Gasteiger partial charge in [-0.25, -0.2) is 14.6 Å². The van der Waals surface area contributed by atoms with Crippen LogP contribution in [0.5, 0.6) is 0 Å². The monoisotopic (exact) mass is 335 g/mol. The van der Waals surface area contributed by atoms with E-state index in [2.05, 4.69) is 26.8 Å². The summed E-state index contributed by atoms with van der Waals surface area (Å²) in [5.41, 5.74) is 9.05. The lowest BCUT2D eigenvalue weighted by Crippen LogP contribution is -2.11. The summed E-state index contributed by atoms with van der Waals surface area (Å²) in [6.45, 7) is 0. The van der Waals surface area contributed by atoms with E-state index in [1.807, 2.05) is 18.2 Å². The normalized spacial score (nSPS) is 17.1. The minimum atomic E-state index is 0.396. The van der Waals surface area contributed by atoms with Gasteiger partial charge in [0.25, 0.3) is 0 Å². The van der Waals surface area contributed by atoms with Gasteiger partial charge in [0.2, 0.25) is 0 Å². The lowest BCUT2D eigenvalue weighted by molar-refractivity contribution is 0.392. The molecule has 0 unspecified atom stereocenters. The number of fused-ring (bicyclic) bond motifs is 1. The molecule has 1 aromatic carbocycles. The van der Waals surface area contributed by atoms with Crippen molar-refractivity contribution in [2.24, 2.45) is 0 Å². The molecule has 0 aliphatic heterocycles. The fourth-order valence-corrected chi connectivity index (χ4v) is 3.90. The minimum absolute atomic E-state index is 0.396. The lowest BCUT2D eigenvalue weighted by Gasteiger charge is -2.17. The van der Waals surface area contributed by atoms with Crippen LogP contribution in [0.15, 0.2) is 36.7 Å². The van der Waals surface area contributed by atoms with Gasteiger partial charge in [0.05, 0.1) is 11.4 Å². The molecule has 130 valence electrons. The van der Waals surface area contributed by atoms with E-state index < -0.39 is 0 Å². The molecule has 3 aromatic rings. The van der Waals surface area contributed by atoms with Crippen LogP contribution in [-0.2, 0) is 0 Å². The van der Waals surface area contributed by atoms with Crippen LogP contribution in [0.2, 0.25) is 0 Å². The second kappa shape index (κ2) is 7.21. The third-order valence-electron chi connectivity index (χ3n) is 5.24. The largest absolute Gasteiger partial charge is 0.383 e. The molecule has 1 aliphatic carbocycles. The first-order valence-corrected chi connectivity index (χ1v) is 9.38. The summed E-state index contributed by atoms with van der Waals surface area (Å²) in [5, 5.41) is 5.86. The summed E-state index contributed by atoms with van der Waals surface area (Å²) in [4.78, 5) is 8.76. The molecule has 1 saturated carbocycles. The Morgan fingerprint density at radius 2 is 1.56 bits per heavy atom. The predicted octanol–water partition coefficient (Wildman–Crippen LogP) is 4.75. The topological polar surface area (TPSA) is 69.6 Å². The predicted molar refractivity (Wildman–Crippen MR) is 101 cm³/mol. The molecule has 2 aromatic heterocycles. The van der Waals surface area contributed by atoms with Gasteiger partial charge in [-0.1, -0.05) is 68.9 Å². The van der Waals surface area contributed by atoms with Crippen molar-refractivity contribution >= 4 is 16.9 Å². The van der Waals surface area contributed by atoms with Crippen molar-refractivity contribution in [3.63, 3.8) is 0 Å². The number of nitrogens with two attached hydrogens (primary N) is 1. The van der Waals surface area contributed by atoms with Crippen LogP contribution >= 0.6 is 0 Å². The number of aromatic nitrogens is 4. The molecule has 5 heteroatoms. The number of hydrogen-bond acceptors (Lipinski definition) is 4. The second-order valence-electron chi connectivity index (χ2n) is 6.97. The summed E-state index contributed by atoms with van der Waals surface area (Å²) in [6, 6.07) is 10.6. The van der Waals surface area contributed by atoms with Gasteiger partial charge in [-0.15, -0.1) is 0 Å². The highest BCUT2D eigenvalue weighted by molar-refractivity contribution is 5.98. The van der Waals surface area contributed by atoms with Gasteiger partial charge in [-0.05, 0) is 12.8 Å². The van der Waals surface area contributed by atoms with E-state index in [0.29, 0.717) is 11.9 Å². The van der Waals surface area contributed by atoms with Gasteiger partial charge < -0.3 is 5.73 Å². The highest BCUT2D eigenvalue weighted by Crippen LogP contribution is 2.34. The Morgan fingerprint density at radius 1 is 0.880 bits per heavy atom. The number of anilines is 1. The molecule has 2 heterocycles. The first kappa shape index (κ1) is 16.1. The van der Waals surface area contributed by atoms with E-state index in [4.69, 9.17) is 10.8 Å². The van der Waals surface area contributed by atoms with Crippen molar-refractivity contribution in [2.45, 2.75) is 57.4 Å². The molecule has 0 bridgehead atoms. The van der Waals surface area contributed by atoms with Gasteiger partial charge >= 0.3 is 0 Å². The van der Waals surface area contributed by atoms with Crippen LogP contribution in [0.3, 0.4) is 0 Å². The first-order chi connectivity index (χ1) is 12.3. The van der Waals surface area contributed by atoms with Gasteiger partial charge in [0.1, 0.15) is 17.8 Å². The van der Waals surface area contributed by atoms with E-state index in [0.717, 1.165) is 35.1 Å². The summed E-state index contributed by atoms with van der Waals surface area (Å²) in [6.07, 6.45) is 11.7. The van der Waals surface area contributed by atoms with Crippen molar-refractivity contribution in [3.8, 4) is 11.3 Å². The van der Waals surface area contributed by atoms with Crippen LogP contribution in [0.4, 0.5) is 5.82 Å². The quantitative estimate of drug-likeness (QED) is 0.733. The number of benzene rings is 1. The molecule has 1 aliphatic rings. The molecule has 25 heavy (non-hydrogen) atoms. The molecule has 0 amide bonds. The van der Waals surface area contributed by atoms with Gasteiger partial charge in [0.15, 0.2) is 5.65 Å². The van der Waals surface area contributed by atoms with Gasteiger partial charge in [0, 0.05) is 5.56 Å². The Kier molecular flexibility index (Phi) is 4.63. The summed E-state index contributed by atoms with van der Waals surface area (Å²) >= 11 is 0. The fourth-order valence-electron chi connectivity index (χ4n) is 3.90. The van der Waals surface area contributed by atoms with E-state index in [-0.39, 0.29) is 0 Å². The zero-order valence-corrected chi connectivity index (χ0v) is 14.6. The van der Waals surface area contributed by atoms with Gasteiger partial charge in [-0.2, -0.15) is 5.10 Å². The Morgan fingerprint density at radius 3 is 2.28 bits per heavy atom. The van der Waals surface area contributed by atoms with Crippen LogP contribution < -0.4 is 5.73 Å². The maximum absolute atomic E-state index is 6.21. The van der Waals surface area contributed by atoms with Crippen LogP contribution in [-0.4, -0.2) is 19.7 Å². The smallest absolute Gasteiger partial charge is 0.164 e. The molecule has 1 fully saturated rings. The third kappa shape index (κ3) is 3.23. The Labute approximate surface area is 148 Å². The fraction of sp³-hybridized carbons (Fsp3) is 0.450. The Balaban J connectivity index is 1.82. The molecule has 0 atom stereocenters. The molecule has 2 N–H and O–H groups in total. The third-order valence-corrected chi connectivity index (χ3v) is 5.24. The maximum Gasteiger partial charge on any atom is 0.164 e.